The summed E-state index contributed by atoms with van der Waals surface area (Å²) in [6, 6.07) is 12.1. The van der Waals surface area contributed by atoms with Crippen molar-refractivity contribution in [2.24, 2.45) is 0 Å². The summed E-state index contributed by atoms with van der Waals surface area (Å²) in [5, 5.41) is 5.30. The summed E-state index contributed by atoms with van der Waals surface area (Å²) in [6.07, 6.45) is 12.3. The lowest BCUT2D eigenvalue weighted by Crippen LogP contribution is -2.21. The van der Waals surface area contributed by atoms with Crippen LogP contribution in [0.1, 0.15) is 64.2 Å². The van der Waals surface area contributed by atoms with Gasteiger partial charge in [-0.15, -0.1) is 0 Å². The Balaban J connectivity index is 1.72. The summed E-state index contributed by atoms with van der Waals surface area (Å²) >= 11 is 13.5. The van der Waals surface area contributed by atoms with E-state index >= 15 is 0 Å². The lowest BCUT2D eigenvalue weighted by Gasteiger charge is -2.28. The molecule has 0 N–H and O–H groups in total. The number of hydrogen-bond donors (Lipinski definition) is 0. The third kappa shape index (κ3) is 3.85. The maximum Gasteiger partial charge on any atom is 0.137 e. The van der Waals surface area contributed by atoms with E-state index in [1.165, 1.54) is 38.5 Å². The van der Waals surface area contributed by atoms with E-state index in [2.05, 4.69) is 12.1 Å². The smallest absolute Gasteiger partial charge is 0.137 e. The van der Waals surface area contributed by atoms with Crippen molar-refractivity contribution in [1.29, 1.82) is 0 Å². The van der Waals surface area contributed by atoms with E-state index in [0.29, 0.717) is 10.0 Å². The van der Waals surface area contributed by atoms with E-state index in [0.717, 1.165) is 58.7 Å². The lowest BCUT2D eigenvalue weighted by atomic mass is 9.96. The summed E-state index contributed by atoms with van der Waals surface area (Å²) in [5.74, 6) is 1.71. The molecule has 2 aliphatic rings. The lowest BCUT2D eigenvalue weighted by molar-refractivity contribution is 0.156. The van der Waals surface area contributed by atoms with Gasteiger partial charge in [0.25, 0.3) is 0 Å². The molecule has 3 aromatic carbocycles. The predicted molar refractivity (Wildman–Crippen MR) is 126 cm³/mol. The Kier molecular flexibility index (Phi) is 5.98. The van der Waals surface area contributed by atoms with Gasteiger partial charge in [-0.25, -0.2) is 0 Å². The molecule has 2 nitrogen and oxygen atoms in total. The molecule has 0 saturated heterocycles. The molecule has 0 unspecified atom stereocenters. The summed E-state index contributed by atoms with van der Waals surface area (Å²) in [4.78, 5) is 0. The van der Waals surface area contributed by atoms with Crippen LogP contribution in [0.15, 0.2) is 36.4 Å². The first-order valence-corrected chi connectivity index (χ1v) is 12.1. The highest BCUT2D eigenvalue weighted by Crippen LogP contribution is 2.49. The van der Waals surface area contributed by atoms with E-state index in [9.17, 15) is 0 Å². The van der Waals surface area contributed by atoms with Gasteiger partial charge < -0.3 is 9.47 Å². The van der Waals surface area contributed by atoms with E-state index in [1.807, 2.05) is 24.3 Å². The maximum absolute atomic E-state index is 6.77. The molecule has 0 bridgehead atoms. The Labute approximate surface area is 188 Å². The van der Waals surface area contributed by atoms with Crippen molar-refractivity contribution < 1.29 is 9.47 Å². The fraction of sp³-hybridized carbons (Fsp3) is 0.462. The molecule has 0 amide bonds. The molecule has 0 aromatic heterocycles. The third-order valence-corrected chi connectivity index (χ3v) is 7.27. The first-order valence-electron chi connectivity index (χ1n) is 11.4. The normalized spacial score (nSPS) is 18.7. The summed E-state index contributed by atoms with van der Waals surface area (Å²) in [5.41, 5.74) is 0. The van der Waals surface area contributed by atoms with Gasteiger partial charge in [0.2, 0.25) is 0 Å². The predicted octanol–water partition coefficient (Wildman–Crippen LogP) is 8.72. The molecule has 2 fully saturated rings. The van der Waals surface area contributed by atoms with Crippen LogP contribution >= 0.6 is 23.2 Å². The molecule has 5 rings (SSSR count). The molecular formula is C26H28Cl2O2. The molecule has 0 spiro atoms. The van der Waals surface area contributed by atoms with Crippen molar-refractivity contribution in [2.75, 3.05) is 0 Å². The van der Waals surface area contributed by atoms with Crippen molar-refractivity contribution >= 4 is 44.7 Å². The first-order chi connectivity index (χ1) is 14.7. The van der Waals surface area contributed by atoms with Gasteiger partial charge in [-0.2, -0.15) is 0 Å². The van der Waals surface area contributed by atoms with Crippen LogP contribution < -0.4 is 9.47 Å². The minimum atomic E-state index is 0.227. The number of benzene rings is 3. The zero-order valence-corrected chi connectivity index (χ0v) is 18.8. The van der Waals surface area contributed by atoms with Crippen LogP contribution in [0, 0.1) is 0 Å². The molecule has 30 heavy (non-hydrogen) atoms. The van der Waals surface area contributed by atoms with E-state index in [4.69, 9.17) is 32.7 Å². The fourth-order valence-corrected chi connectivity index (χ4v) is 5.62. The van der Waals surface area contributed by atoms with Gasteiger partial charge in [-0.3, -0.25) is 0 Å². The zero-order valence-electron chi connectivity index (χ0n) is 17.3. The third-order valence-electron chi connectivity index (χ3n) is 6.64. The Bertz CT molecular complexity index is 965. The highest BCUT2D eigenvalue weighted by Gasteiger charge is 2.25. The van der Waals surface area contributed by atoms with Crippen molar-refractivity contribution in [1.82, 2.24) is 0 Å². The number of rotatable bonds is 4. The zero-order chi connectivity index (χ0) is 20.5. The standard InChI is InChI=1S/C26H28Cl2O2/c27-21-15-8-14-20-23(21)25(29-17-9-3-1-4-10-17)19-13-7-16-22(28)24(19)26(20)30-18-11-5-2-6-12-18/h7-8,13-18H,1-6,9-12H2. The van der Waals surface area contributed by atoms with E-state index < -0.39 is 0 Å². The second-order valence-electron chi connectivity index (χ2n) is 8.74. The second-order valence-corrected chi connectivity index (χ2v) is 9.55. The average Bonchev–Trinajstić information content (AvgIpc) is 2.77. The summed E-state index contributed by atoms with van der Waals surface area (Å²) < 4.78 is 13.3. The van der Waals surface area contributed by atoms with Crippen LogP contribution in [-0.2, 0) is 0 Å². The van der Waals surface area contributed by atoms with Crippen LogP contribution in [0.5, 0.6) is 11.5 Å². The van der Waals surface area contributed by atoms with Crippen LogP contribution in [0.2, 0.25) is 10.0 Å². The summed E-state index contributed by atoms with van der Waals surface area (Å²) in [6.45, 7) is 0. The highest BCUT2D eigenvalue weighted by molar-refractivity contribution is 6.40. The minimum absolute atomic E-state index is 0.227. The van der Waals surface area contributed by atoms with E-state index in [1.54, 1.807) is 0 Å². The monoisotopic (exact) mass is 442 g/mol. The fourth-order valence-electron chi connectivity index (χ4n) is 5.10. The first kappa shape index (κ1) is 20.3. The van der Waals surface area contributed by atoms with E-state index in [-0.39, 0.29) is 12.2 Å². The van der Waals surface area contributed by atoms with Crippen LogP contribution in [0.4, 0.5) is 0 Å². The molecule has 0 atom stereocenters. The van der Waals surface area contributed by atoms with Crippen LogP contribution in [0.3, 0.4) is 0 Å². The number of halogens is 2. The second kappa shape index (κ2) is 8.85. The highest BCUT2D eigenvalue weighted by atomic mass is 35.5. The molecule has 3 aromatic rings. The molecule has 2 saturated carbocycles. The van der Waals surface area contributed by atoms with Crippen molar-refractivity contribution in [3.05, 3.63) is 46.4 Å². The van der Waals surface area contributed by atoms with Crippen molar-refractivity contribution in [2.45, 2.75) is 76.4 Å². The average molecular weight is 443 g/mol. The quantitative estimate of drug-likeness (QED) is 0.375. The molecule has 0 radical (unpaired) electrons. The SMILES string of the molecule is Clc1cccc2c(OC3CCCCC3)c3c(Cl)cccc3c(OC3CCCCC3)c12. The van der Waals surface area contributed by atoms with Gasteiger partial charge in [0.1, 0.15) is 11.5 Å². The van der Waals surface area contributed by atoms with Gasteiger partial charge in [-0.05, 0) is 63.5 Å². The molecule has 2 aliphatic carbocycles. The Morgan fingerprint density at radius 3 is 1.37 bits per heavy atom. The van der Waals surface area contributed by atoms with Gasteiger partial charge in [0.15, 0.2) is 0 Å². The summed E-state index contributed by atoms with van der Waals surface area (Å²) in [7, 11) is 0. The van der Waals surface area contributed by atoms with Gasteiger partial charge in [0, 0.05) is 21.5 Å². The number of hydrogen-bond acceptors (Lipinski definition) is 2. The largest absolute Gasteiger partial charge is 0.489 e. The Morgan fingerprint density at radius 1 is 0.567 bits per heavy atom. The Morgan fingerprint density at radius 2 is 0.967 bits per heavy atom. The molecule has 0 aliphatic heterocycles. The van der Waals surface area contributed by atoms with Crippen LogP contribution in [0.25, 0.3) is 21.5 Å². The topological polar surface area (TPSA) is 18.5 Å². The minimum Gasteiger partial charge on any atom is -0.489 e. The molecule has 158 valence electrons. The van der Waals surface area contributed by atoms with Gasteiger partial charge >= 0.3 is 0 Å². The van der Waals surface area contributed by atoms with Crippen molar-refractivity contribution in [3.8, 4) is 11.5 Å². The maximum atomic E-state index is 6.77. The Hall–Kier alpha value is -1.64. The molecule has 4 heteroatoms. The van der Waals surface area contributed by atoms with Crippen molar-refractivity contribution in [3.63, 3.8) is 0 Å². The molecular weight excluding hydrogens is 415 g/mol. The number of fused-ring (bicyclic) bond motifs is 2. The number of ether oxygens (including phenoxy) is 2. The van der Waals surface area contributed by atoms with Gasteiger partial charge in [-0.1, -0.05) is 60.3 Å². The van der Waals surface area contributed by atoms with Crippen LogP contribution in [-0.4, -0.2) is 12.2 Å². The molecule has 0 heterocycles. The van der Waals surface area contributed by atoms with Gasteiger partial charge in [0.05, 0.1) is 22.3 Å².